The third-order valence-electron chi connectivity index (χ3n) is 5.53. The summed E-state index contributed by atoms with van der Waals surface area (Å²) < 4.78 is 60.6. The van der Waals surface area contributed by atoms with Crippen LogP contribution in [0.2, 0.25) is 0 Å². The van der Waals surface area contributed by atoms with Crippen molar-refractivity contribution in [2.24, 2.45) is 0 Å². The molecular weight excluding hydrogens is 428 g/mol. The van der Waals surface area contributed by atoms with Gasteiger partial charge in [-0.2, -0.15) is 0 Å². The predicted octanol–water partition coefficient (Wildman–Crippen LogP) is 8.36. The van der Waals surface area contributed by atoms with Crippen LogP contribution in [0.5, 0.6) is 5.75 Å². The van der Waals surface area contributed by atoms with Crippen LogP contribution in [0.25, 0.3) is 33.4 Å². The van der Waals surface area contributed by atoms with Crippen molar-refractivity contribution in [1.82, 2.24) is 0 Å². The average Bonchev–Trinajstić information content (AvgIpc) is 2.81. The molecule has 0 atom stereocenters. The summed E-state index contributed by atoms with van der Waals surface area (Å²) in [6.07, 6.45) is 2.06. The molecule has 0 saturated heterocycles. The molecule has 0 fully saturated rings. The van der Waals surface area contributed by atoms with E-state index in [2.05, 4.69) is 11.7 Å². The van der Waals surface area contributed by atoms with Gasteiger partial charge in [0, 0.05) is 11.1 Å². The molecule has 0 N–H and O–H groups in total. The van der Waals surface area contributed by atoms with E-state index in [-0.39, 0.29) is 22.4 Å². The van der Waals surface area contributed by atoms with Gasteiger partial charge in [-0.3, -0.25) is 0 Å². The molecule has 0 aliphatic heterocycles. The van der Waals surface area contributed by atoms with Gasteiger partial charge in [-0.25, -0.2) is 17.6 Å². The lowest BCUT2D eigenvalue weighted by molar-refractivity contribution is 0.184. The highest BCUT2D eigenvalue weighted by Crippen LogP contribution is 2.33. The number of halogens is 4. The van der Waals surface area contributed by atoms with Gasteiger partial charge in [0.1, 0.15) is 11.6 Å². The van der Waals surface area contributed by atoms with E-state index in [9.17, 15) is 17.6 Å². The number of hydrogen-bond acceptors (Lipinski definition) is 1. The summed E-state index contributed by atoms with van der Waals surface area (Å²) in [6.45, 7) is 0.961. The van der Waals surface area contributed by atoms with Crippen LogP contribution in [-0.4, -0.2) is 6.86 Å². The van der Waals surface area contributed by atoms with E-state index in [1.165, 1.54) is 35.9 Å². The number of ether oxygens (including phenoxy) is 1. The second-order valence-electron chi connectivity index (χ2n) is 7.73. The van der Waals surface area contributed by atoms with Crippen LogP contribution in [0.15, 0.2) is 78.9 Å². The zero-order chi connectivity index (χ0) is 23.4. The van der Waals surface area contributed by atoms with E-state index in [0.29, 0.717) is 5.56 Å². The minimum absolute atomic E-state index is 0.147. The summed E-state index contributed by atoms with van der Waals surface area (Å²) >= 11 is 0. The standard InChI is InChI=1S/C28H22F4O/c1-2-3-18-4-6-19(7-5-18)20-8-11-23(25(30)14-20)21-9-12-24(26(31)15-21)22-10-13-28(33-17-29)27(32)16-22/h4-16H,2-3,17H2,1H3. The Morgan fingerprint density at radius 1 is 0.606 bits per heavy atom. The molecule has 33 heavy (non-hydrogen) atoms. The molecular formula is C28H22F4O. The number of rotatable bonds is 7. The second-order valence-corrected chi connectivity index (χ2v) is 7.73. The molecule has 4 aromatic carbocycles. The maximum Gasteiger partial charge on any atom is 0.228 e. The minimum atomic E-state index is -1.16. The normalized spacial score (nSPS) is 10.9. The van der Waals surface area contributed by atoms with Crippen molar-refractivity contribution >= 4 is 0 Å². The first-order valence-corrected chi connectivity index (χ1v) is 10.7. The van der Waals surface area contributed by atoms with E-state index in [1.807, 2.05) is 24.3 Å². The Morgan fingerprint density at radius 2 is 1.12 bits per heavy atom. The summed E-state index contributed by atoms with van der Waals surface area (Å²) in [5, 5.41) is 0. The molecule has 0 heterocycles. The first-order valence-electron chi connectivity index (χ1n) is 10.7. The number of aryl methyl sites for hydroxylation is 1. The van der Waals surface area contributed by atoms with Crippen LogP contribution >= 0.6 is 0 Å². The highest BCUT2D eigenvalue weighted by Gasteiger charge is 2.13. The van der Waals surface area contributed by atoms with Crippen molar-refractivity contribution in [2.45, 2.75) is 19.8 Å². The third-order valence-corrected chi connectivity index (χ3v) is 5.53. The summed E-state index contributed by atoms with van der Waals surface area (Å²) in [4.78, 5) is 0. The van der Waals surface area contributed by atoms with E-state index >= 15 is 0 Å². The van der Waals surface area contributed by atoms with Gasteiger partial charge < -0.3 is 4.74 Å². The smallest absolute Gasteiger partial charge is 0.228 e. The van der Waals surface area contributed by atoms with Crippen LogP contribution in [0.1, 0.15) is 18.9 Å². The van der Waals surface area contributed by atoms with Crippen LogP contribution in [0.3, 0.4) is 0 Å². The lowest BCUT2D eigenvalue weighted by atomic mass is 9.96. The Balaban J connectivity index is 1.61. The molecule has 0 aliphatic rings. The van der Waals surface area contributed by atoms with Crippen LogP contribution in [0.4, 0.5) is 17.6 Å². The van der Waals surface area contributed by atoms with Gasteiger partial charge in [0.05, 0.1) is 0 Å². The highest BCUT2D eigenvalue weighted by molar-refractivity contribution is 5.74. The molecule has 4 rings (SSSR count). The first kappa shape index (κ1) is 22.6. The summed E-state index contributed by atoms with van der Waals surface area (Å²) in [5.74, 6) is -2.13. The zero-order valence-corrected chi connectivity index (χ0v) is 18.0. The molecule has 0 unspecified atom stereocenters. The number of benzene rings is 4. The molecule has 0 bridgehead atoms. The largest absolute Gasteiger partial charge is 0.460 e. The number of hydrogen-bond donors (Lipinski definition) is 0. The van der Waals surface area contributed by atoms with E-state index in [4.69, 9.17) is 0 Å². The fourth-order valence-electron chi connectivity index (χ4n) is 3.84. The quantitative estimate of drug-likeness (QED) is 0.257. The average molecular weight is 450 g/mol. The van der Waals surface area contributed by atoms with Crippen molar-refractivity contribution in [3.8, 4) is 39.1 Å². The van der Waals surface area contributed by atoms with Crippen molar-refractivity contribution in [3.63, 3.8) is 0 Å². The summed E-state index contributed by atoms with van der Waals surface area (Å²) in [6, 6.07) is 20.9. The third kappa shape index (κ3) is 4.92. The fraction of sp³-hybridized carbons (Fsp3) is 0.143. The van der Waals surface area contributed by atoms with Crippen molar-refractivity contribution in [2.75, 3.05) is 6.86 Å². The maximum absolute atomic E-state index is 14.9. The highest BCUT2D eigenvalue weighted by atomic mass is 19.1. The van der Waals surface area contributed by atoms with Crippen molar-refractivity contribution in [3.05, 3.63) is 102 Å². The van der Waals surface area contributed by atoms with Gasteiger partial charge in [-0.05, 0) is 58.5 Å². The summed E-state index contributed by atoms with van der Waals surface area (Å²) in [5.41, 5.74) is 3.93. The van der Waals surface area contributed by atoms with Gasteiger partial charge in [-0.15, -0.1) is 0 Å². The van der Waals surface area contributed by atoms with Gasteiger partial charge >= 0.3 is 0 Å². The molecule has 0 aromatic heterocycles. The van der Waals surface area contributed by atoms with Gasteiger partial charge in [0.25, 0.3) is 0 Å². The molecule has 0 saturated carbocycles. The van der Waals surface area contributed by atoms with Crippen LogP contribution in [0, 0.1) is 17.5 Å². The number of alkyl halides is 1. The Bertz CT molecular complexity index is 1270. The zero-order valence-electron chi connectivity index (χ0n) is 18.0. The molecule has 0 aliphatic carbocycles. The van der Waals surface area contributed by atoms with E-state index in [1.54, 1.807) is 18.2 Å². The Morgan fingerprint density at radius 3 is 1.67 bits per heavy atom. The topological polar surface area (TPSA) is 9.23 Å². The molecule has 5 heteroatoms. The van der Waals surface area contributed by atoms with Gasteiger partial charge in [0.15, 0.2) is 11.6 Å². The van der Waals surface area contributed by atoms with E-state index < -0.39 is 24.3 Å². The lowest BCUT2D eigenvalue weighted by Crippen LogP contribution is -1.94. The Labute approximate surface area is 190 Å². The van der Waals surface area contributed by atoms with Gasteiger partial charge in [0.2, 0.25) is 6.86 Å². The molecule has 0 radical (unpaired) electrons. The van der Waals surface area contributed by atoms with Crippen molar-refractivity contribution < 1.29 is 22.3 Å². The predicted molar refractivity (Wildman–Crippen MR) is 123 cm³/mol. The Kier molecular flexibility index (Phi) is 6.78. The lowest BCUT2D eigenvalue weighted by Gasteiger charge is -2.11. The van der Waals surface area contributed by atoms with Crippen molar-refractivity contribution in [1.29, 1.82) is 0 Å². The fourth-order valence-corrected chi connectivity index (χ4v) is 3.84. The van der Waals surface area contributed by atoms with Gasteiger partial charge in [-0.1, -0.05) is 67.9 Å². The monoisotopic (exact) mass is 450 g/mol. The summed E-state index contributed by atoms with van der Waals surface area (Å²) in [7, 11) is 0. The van der Waals surface area contributed by atoms with E-state index in [0.717, 1.165) is 30.0 Å². The van der Waals surface area contributed by atoms with Crippen LogP contribution < -0.4 is 4.74 Å². The SMILES string of the molecule is CCCc1ccc(-c2ccc(-c3ccc(-c4ccc(OCF)c(F)c4)c(F)c3)c(F)c2)cc1. The molecule has 4 aromatic rings. The molecule has 0 amide bonds. The first-order chi connectivity index (χ1) is 16.0. The molecule has 1 nitrogen and oxygen atoms in total. The molecule has 168 valence electrons. The second kappa shape index (κ2) is 9.90. The van der Waals surface area contributed by atoms with Crippen LogP contribution in [-0.2, 0) is 6.42 Å². The Hall–Kier alpha value is -3.60. The maximum atomic E-state index is 14.9. The minimum Gasteiger partial charge on any atom is -0.460 e. The molecule has 0 spiro atoms.